The van der Waals surface area contributed by atoms with E-state index < -0.39 is 0 Å². The minimum absolute atomic E-state index is 0.105. The lowest BCUT2D eigenvalue weighted by atomic mass is 10.1. The Morgan fingerprint density at radius 3 is 2.44 bits per heavy atom. The summed E-state index contributed by atoms with van der Waals surface area (Å²) in [5.41, 5.74) is 3.39. The number of nitrogens with one attached hydrogen (secondary N) is 2. The second-order valence-corrected chi connectivity index (χ2v) is 6.66. The normalized spacial score (nSPS) is 11.4. The Morgan fingerprint density at radius 1 is 1.00 bits per heavy atom. The predicted octanol–water partition coefficient (Wildman–Crippen LogP) is 4.39. The third kappa shape index (κ3) is 6.08. The maximum absolute atomic E-state index is 5.80. The van der Waals surface area contributed by atoms with E-state index in [0.717, 1.165) is 16.9 Å². The van der Waals surface area contributed by atoms with E-state index in [0.29, 0.717) is 18.3 Å². The van der Waals surface area contributed by atoms with Crippen molar-refractivity contribution in [1.82, 2.24) is 15.6 Å². The molecule has 0 aliphatic heterocycles. The van der Waals surface area contributed by atoms with Crippen LogP contribution < -0.4 is 15.4 Å². The Balaban J connectivity index is 1.46. The molecule has 0 bridgehead atoms. The molecule has 0 fully saturated rings. The Morgan fingerprint density at radius 2 is 1.74 bits per heavy atom. The first-order valence-corrected chi connectivity index (χ1v) is 9.31. The van der Waals surface area contributed by atoms with Gasteiger partial charge in [-0.3, -0.25) is 4.98 Å². The van der Waals surface area contributed by atoms with Crippen molar-refractivity contribution in [2.45, 2.75) is 26.1 Å². The monoisotopic (exact) mass is 377 g/mol. The van der Waals surface area contributed by atoms with Gasteiger partial charge in [-0.1, -0.05) is 48.5 Å². The zero-order chi connectivity index (χ0) is 18.9. The Labute approximate surface area is 165 Å². The van der Waals surface area contributed by atoms with Gasteiger partial charge in [0.2, 0.25) is 0 Å². The summed E-state index contributed by atoms with van der Waals surface area (Å²) in [6.07, 6.45) is 3.57. The Kier molecular flexibility index (Phi) is 6.77. The fourth-order valence-electron chi connectivity index (χ4n) is 2.61. The quantitative estimate of drug-likeness (QED) is 0.598. The SMILES string of the molecule is CC(NC(=S)NCc1ccccc1)c1ccc(OCc2cccnc2)cc1. The van der Waals surface area contributed by atoms with E-state index >= 15 is 0 Å². The highest BCUT2D eigenvalue weighted by Gasteiger charge is 2.07. The van der Waals surface area contributed by atoms with Crippen LogP contribution in [0.4, 0.5) is 0 Å². The molecule has 0 aliphatic carbocycles. The summed E-state index contributed by atoms with van der Waals surface area (Å²) < 4.78 is 5.80. The second-order valence-electron chi connectivity index (χ2n) is 6.25. The molecule has 0 saturated carbocycles. The van der Waals surface area contributed by atoms with Gasteiger partial charge in [-0.2, -0.15) is 0 Å². The minimum atomic E-state index is 0.105. The van der Waals surface area contributed by atoms with Crippen LogP contribution >= 0.6 is 12.2 Å². The second kappa shape index (κ2) is 9.69. The Hall–Kier alpha value is -2.92. The lowest BCUT2D eigenvalue weighted by Gasteiger charge is -2.18. The molecule has 1 aromatic heterocycles. The standard InChI is InChI=1S/C22H23N3OS/c1-17(25-22(27)24-15-18-6-3-2-4-7-18)20-9-11-21(12-10-20)26-16-19-8-5-13-23-14-19/h2-14,17H,15-16H2,1H3,(H2,24,25,27). The van der Waals surface area contributed by atoms with Crippen LogP contribution in [0.15, 0.2) is 79.1 Å². The summed E-state index contributed by atoms with van der Waals surface area (Å²) >= 11 is 5.40. The van der Waals surface area contributed by atoms with Gasteiger partial charge in [0, 0.05) is 24.5 Å². The van der Waals surface area contributed by atoms with Crippen LogP contribution in [0, 0.1) is 0 Å². The van der Waals surface area contributed by atoms with Crippen LogP contribution in [0.3, 0.4) is 0 Å². The summed E-state index contributed by atoms with van der Waals surface area (Å²) in [6, 6.07) is 22.3. The number of hydrogen-bond donors (Lipinski definition) is 2. The molecule has 27 heavy (non-hydrogen) atoms. The summed E-state index contributed by atoms with van der Waals surface area (Å²) in [4.78, 5) is 4.09. The van der Waals surface area contributed by atoms with Crippen LogP contribution in [-0.4, -0.2) is 10.1 Å². The molecule has 2 aromatic carbocycles. The summed E-state index contributed by atoms with van der Waals surface area (Å²) in [5, 5.41) is 7.20. The van der Waals surface area contributed by atoms with Crippen molar-refractivity contribution < 1.29 is 4.74 Å². The van der Waals surface area contributed by atoms with E-state index in [2.05, 4.69) is 46.8 Å². The molecular formula is C22H23N3OS. The largest absolute Gasteiger partial charge is 0.489 e. The smallest absolute Gasteiger partial charge is 0.167 e. The highest BCUT2D eigenvalue weighted by Crippen LogP contribution is 2.18. The maximum Gasteiger partial charge on any atom is 0.167 e. The van der Waals surface area contributed by atoms with Gasteiger partial charge in [0.05, 0.1) is 6.04 Å². The van der Waals surface area contributed by atoms with Crippen molar-refractivity contribution >= 4 is 17.3 Å². The van der Waals surface area contributed by atoms with Crippen LogP contribution in [0.25, 0.3) is 0 Å². The lowest BCUT2D eigenvalue weighted by Crippen LogP contribution is -2.36. The third-order valence-electron chi connectivity index (χ3n) is 4.15. The number of aromatic nitrogens is 1. The van der Waals surface area contributed by atoms with Gasteiger partial charge in [-0.25, -0.2) is 0 Å². The molecular weight excluding hydrogens is 354 g/mol. The highest BCUT2D eigenvalue weighted by atomic mass is 32.1. The molecule has 0 saturated heterocycles. The number of hydrogen-bond acceptors (Lipinski definition) is 3. The average Bonchev–Trinajstić information content (AvgIpc) is 2.72. The van der Waals surface area contributed by atoms with Crippen LogP contribution in [0.2, 0.25) is 0 Å². The Bertz CT molecular complexity index is 838. The van der Waals surface area contributed by atoms with Crippen LogP contribution in [0.1, 0.15) is 29.7 Å². The van der Waals surface area contributed by atoms with E-state index in [1.165, 1.54) is 5.56 Å². The van der Waals surface area contributed by atoms with Gasteiger partial charge in [0.15, 0.2) is 5.11 Å². The topological polar surface area (TPSA) is 46.2 Å². The van der Waals surface area contributed by atoms with Crippen LogP contribution in [-0.2, 0) is 13.2 Å². The van der Waals surface area contributed by atoms with E-state index in [-0.39, 0.29) is 6.04 Å². The van der Waals surface area contributed by atoms with Crippen molar-refractivity contribution in [1.29, 1.82) is 0 Å². The number of nitrogens with zero attached hydrogens (tertiary/aromatic N) is 1. The van der Waals surface area contributed by atoms with E-state index in [9.17, 15) is 0 Å². The van der Waals surface area contributed by atoms with Crippen molar-refractivity contribution in [3.05, 3.63) is 95.8 Å². The van der Waals surface area contributed by atoms with Crippen molar-refractivity contribution in [2.24, 2.45) is 0 Å². The predicted molar refractivity (Wildman–Crippen MR) is 112 cm³/mol. The lowest BCUT2D eigenvalue weighted by molar-refractivity contribution is 0.305. The van der Waals surface area contributed by atoms with Crippen molar-refractivity contribution in [3.8, 4) is 5.75 Å². The zero-order valence-electron chi connectivity index (χ0n) is 15.3. The summed E-state index contributed by atoms with van der Waals surface area (Å²) in [5.74, 6) is 0.833. The van der Waals surface area contributed by atoms with Gasteiger partial charge >= 0.3 is 0 Å². The average molecular weight is 378 g/mol. The van der Waals surface area contributed by atoms with Gasteiger partial charge < -0.3 is 15.4 Å². The molecule has 1 unspecified atom stereocenters. The molecule has 5 heteroatoms. The van der Waals surface area contributed by atoms with Gasteiger partial charge in [0.1, 0.15) is 12.4 Å². The van der Waals surface area contributed by atoms with Crippen molar-refractivity contribution in [3.63, 3.8) is 0 Å². The van der Waals surface area contributed by atoms with Gasteiger partial charge in [-0.05, 0) is 48.5 Å². The molecule has 0 aliphatic rings. The number of rotatable bonds is 7. The number of benzene rings is 2. The summed E-state index contributed by atoms with van der Waals surface area (Å²) in [6.45, 7) is 3.30. The van der Waals surface area contributed by atoms with E-state index in [1.54, 1.807) is 6.20 Å². The first kappa shape index (κ1) is 18.9. The fraction of sp³-hybridized carbons (Fsp3) is 0.182. The first-order chi connectivity index (χ1) is 13.2. The molecule has 0 radical (unpaired) electrons. The fourth-order valence-corrected chi connectivity index (χ4v) is 2.86. The first-order valence-electron chi connectivity index (χ1n) is 8.90. The molecule has 1 atom stereocenters. The maximum atomic E-state index is 5.80. The number of ether oxygens (including phenoxy) is 1. The van der Waals surface area contributed by atoms with Crippen LogP contribution in [0.5, 0.6) is 5.75 Å². The van der Waals surface area contributed by atoms with Gasteiger partial charge in [-0.15, -0.1) is 0 Å². The zero-order valence-corrected chi connectivity index (χ0v) is 16.1. The van der Waals surface area contributed by atoms with E-state index in [4.69, 9.17) is 17.0 Å². The number of thiocarbonyl (C=S) groups is 1. The molecule has 3 aromatic rings. The molecule has 4 nitrogen and oxygen atoms in total. The molecule has 0 amide bonds. The number of pyridine rings is 1. The molecule has 3 rings (SSSR count). The molecule has 0 spiro atoms. The van der Waals surface area contributed by atoms with Crippen molar-refractivity contribution in [2.75, 3.05) is 0 Å². The van der Waals surface area contributed by atoms with Gasteiger partial charge in [0.25, 0.3) is 0 Å². The molecule has 2 N–H and O–H groups in total. The summed E-state index contributed by atoms with van der Waals surface area (Å²) in [7, 11) is 0. The third-order valence-corrected chi connectivity index (χ3v) is 4.41. The molecule has 138 valence electrons. The minimum Gasteiger partial charge on any atom is -0.489 e. The van der Waals surface area contributed by atoms with E-state index in [1.807, 2.05) is 48.7 Å². The molecule has 1 heterocycles. The highest BCUT2D eigenvalue weighted by molar-refractivity contribution is 7.80.